The first kappa shape index (κ1) is 14.8. The Balaban J connectivity index is 2.19. The number of aromatic nitrogens is 1. The Kier molecular flexibility index (Phi) is 4.60. The van der Waals surface area contributed by atoms with E-state index >= 15 is 0 Å². The lowest BCUT2D eigenvalue weighted by atomic mass is 9.88. The number of likely N-dealkylation sites (tertiary alicyclic amines) is 1. The highest BCUT2D eigenvalue weighted by atomic mass is 35.5. The second-order valence-electron chi connectivity index (χ2n) is 5.01. The molecule has 2 unspecified atom stereocenters. The van der Waals surface area contributed by atoms with Crippen LogP contribution in [0.3, 0.4) is 0 Å². The number of carboxylic acids is 1. The number of carboxylic acid groups (broad SMARTS) is 1. The fourth-order valence-electron chi connectivity index (χ4n) is 2.54. The van der Waals surface area contributed by atoms with Gasteiger partial charge in [-0.25, -0.2) is 9.78 Å². The molecular formula is C14H17ClN2O3. The molecule has 0 spiro atoms. The smallest absolute Gasteiger partial charge is 0.326 e. The van der Waals surface area contributed by atoms with E-state index < -0.39 is 12.0 Å². The molecule has 1 saturated heterocycles. The van der Waals surface area contributed by atoms with Crippen molar-refractivity contribution >= 4 is 23.5 Å². The van der Waals surface area contributed by atoms with Gasteiger partial charge in [0.05, 0.1) is 5.02 Å². The molecule has 5 nitrogen and oxygen atoms in total. The largest absolute Gasteiger partial charge is 0.480 e. The first-order valence-corrected chi connectivity index (χ1v) is 7.06. The van der Waals surface area contributed by atoms with Crippen LogP contribution in [-0.4, -0.2) is 39.5 Å². The topological polar surface area (TPSA) is 70.5 Å². The Bertz CT molecular complexity index is 504. The molecule has 108 valence electrons. The van der Waals surface area contributed by atoms with Gasteiger partial charge in [-0.15, -0.1) is 0 Å². The fourth-order valence-corrected chi connectivity index (χ4v) is 2.65. The molecule has 0 bridgehead atoms. The van der Waals surface area contributed by atoms with Crippen LogP contribution < -0.4 is 0 Å². The van der Waals surface area contributed by atoms with Crippen molar-refractivity contribution in [1.82, 2.24) is 9.88 Å². The molecule has 0 radical (unpaired) electrons. The molecule has 0 aromatic carbocycles. The van der Waals surface area contributed by atoms with Crippen molar-refractivity contribution in [1.29, 1.82) is 0 Å². The normalized spacial score (nSPS) is 22.6. The monoisotopic (exact) mass is 296 g/mol. The van der Waals surface area contributed by atoms with Crippen molar-refractivity contribution in [3.8, 4) is 0 Å². The molecular weight excluding hydrogens is 280 g/mol. The van der Waals surface area contributed by atoms with Crippen LogP contribution in [-0.2, 0) is 4.79 Å². The minimum atomic E-state index is -0.953. The van der Waals surface area contributed by atoms with E-state index in [1.165, 1.54) is 17.2 Å². The first-order chi connectivity index (χ1) is 9.52. The number of carbonyl (C=O) groups is 2. The highest BCUT2D eigenvalue weighted by Crippen LogP contribution is 2.26. The van der Waals surface area contributed by atoms with Gasteiger partial charge in [0.2, 0.25) is 0 Å². The summed E-state index contributed by atoms with van der Waals surface area (Å²) in [6.45, 7) is 2.50. The Morgan fingerprint density at radius 1 is 1.50 bits per heavy atom. The Morgan fingerprint density at radius 2 is 2.25 bits per heavy atom. The van der Waals surface area contributed by atoms with Crippen molar-refractivity contribution in [2.75, 3.05) is 6.54 Å². The first-order valence-electron chi connectivity index (χ1n) is 6.68. The number of hydrogen-bond donors (Lipinski definition) is 1. The summed E-state index contributed by atoms with van der Waals surface area (Å²) >= 11 is 5.74. The fraction of sp³-hybridized carbons (Fsp3) is 0.500. The Hall–Kier alpha value is -1.62. The van der Waals surface area contributed by atoms with Crippen LogP contribution in [0.4, 0.5) is 0 Å². The zero-order valence-corrected chi connectivity index (χ0v) is 12.0. The standard InChI is InChI=1S/C14H17ClN2O3/c1-2-9-5-6-17(12(7-9)14(19)20)13(18)11-4-3-10(15)8-16-11/h3-4,8-9,12H,2,5-7H2,1H3,(H,19,20). The van der Waals surface area contributed by atoms with Gasteiger partial charge in [-0.1, -0.05) is 24.9 Å². The summed E-state index contributed by atoms with van der Waals surface area (Å²) < 4.78 is 0. The summed E-state index contributed by atoms with van der Waals surface area (Å²) in [6, 6.07) is 2.34. The van der Waals surface area contributed by atoms with Crippen molar-refractivity contribution in [3.63, 3.8) is 0 Å². The molecule has 1 aliphatic heterocycles. The van der Waals surface area contributed by atoms with Gasteiger partial charge < -0.3 is 10.0 Å². The molecule has 6 heteroatoms. The van der Waals surface area contributed by atoms with Crippen LogP contribution >= 0.6 is 11.6 Å². The average Bonchev–Trinajstić information content (AvgIpc) is 2.46. The average molecular weight is 297 g/mol. The SMILES string of the molecule is CCC1CCN(C(=O)c2ccc(Cl)cn2)C(C(=O)O)C1. The van der Waals surface area contributed by atoms with Crippen LogP contribution in [0.15, 0.2) is 18.3 Å². The van der Waals surface area contributed by atoms with Crippen LogP contribution in [0, 0.1) is 5.92 Å². The lowest BCUT2D eigenvalue weighted by Crippen LogP contribution is -2.50. The molecule has 1 aromatic heterocycles. The van der Waals surface area contributed by atoms with Crippen LogP contribution in [0.25, 0.3) is 0 Å². The molecule has 1 fully saturated rings. The highest BCUT2D eigenvalue weighted by Gasteiger charge is 2.36. The van der Waals surface area contributed by atoms with E-state index in [1.807, 2.05) is 6.92 Å². The van der Waals surface area contributed by atoms with Gasteiger partial charge in [-0.3, -0.25) is 4.79 Å². The van der Waals surface area contributed by atoms with Crippen molar-refractivity contribution in [2.45, 2.75) is 32.2 Å². The van der Waals surface area contributed by atoms with E-state index in [2.05, 4.69) is 4.98 Å². The van der Waals surface area contributed by atoms with Crippen molar-refractivity contribution in [3.05, 3.63) is 29.0 Å². The minimum Gasteiger partial charge on any atom is -0.480 e. The Labute approximate surface area is 122 Å². The van der Waals surface area contributed by atoms with Crippen LogP contribution in [0.2, 0.25) is 5.02 Å². The number of nitrogens with zero attached hydrogens (tertiary/aromatic N) is 2. The molecule has 1 amide bonds. The maximum absolute atomic E-state index is 12.4. The zero-order valence-electron chi connectivity index (χ0n) is 11.3. The molecule has 1 aromatic rings. The summed E-state index contributed by atoms with van der Waals surface area (Å²) in [7, 11) is 0. The Morgan fingerprint density at radius 3 is 2.80 bits per heavy atom. The molecule has 0 saturated carbocycles. The lowest BCUT2D eigenvalue weighted by Gasteiger charge is -2.36. The maximum Gasteiger partial charge on any atom is 0.326 e. The van der Waals surface area contributed by atoms with E-state index in [0.717, 1.165) is 12.8 Å². The summed E-state index contributed by atoms with van der Waals surface area (Å²) in [6.07, 6.45) is 3.67. The van der Waals surface area contributed by atoms with Gasteiger partial charge in [0.15, 0.2) is 0 Å². The second kappa shape index (κ2) is 6.22. The van der Waals surface area contributed by atoms with Gasteiger partial charge >= 0.3 is 5.97 Å². The molecule has 20 heavy (non-hydrogen) atoms. The van der Waals surface area contributed by atoms with Gasteiger partial charge in [0.1, 0.15) is 11.7 Å². The van der Waals surface area contributed by atoms with Gasteiger partial charge in [0.25, 0.3) is 5.91 Å². The maximum atomic E-state index is 12.4. The van der Waals surface area contributed by atoms with Crippen molar-refractivity contribution < 1.29 is 14.7 Å². The lowest BCUT2D eigenvalue weighted by molar-refractivity contribution is -0.144. The summed E-state index contributed by atoms with van der Waals surface area (Å²) in [5, 5.41) is 9.77. The van der Waals surface area contributed by atoms with Crippen LogP contribution in [0.1, 0.15) is 36.7 Å². The molecule has 2 atom stereocenters. The predicted molar refractivity (Wildman–Crippen MR) is 74.7 cm³/mol. The van der Waals surface area contributed by atoms with E-state index in [-0.39, 0.29) is 11.6 Å². The number of rotatable bonds is 3. The molecule has 2 heterocycles. The summed E-state index contributed by atoms with van der Waals surface area (Å²) in [4.78, 5) is 29.1. The quantitative estimate of drug-likeness (QED) is 0.930. The number of amides is 1. The third kappa shape index (κ3) is 3.10. The van der Waals surface area contributed by atoms with Gasteiger partial charge in [-0.2, -0.15) is 0 Å². The highest BCUT2D eigenvalue weighted by molar-refractivity contribution is 6.30. The number of pyridine rings is 1. The number of hydrogen-bond acceptors (Lipinski definition) is 3. The number of carbonyl (C=O) groups excluding carboxylic acids is 1. The molecule has 1 N–H and O–H groups in total. The number of aliphatic carboxylic acids is 1. The van der Waals surface area contributed by atoms with E-state index in [4.69, 9.17) is 11.6 Å². The minimum absolute atomic E-state index is 0.232. The molecule has 0 aliphatic carbocycles. The van der Waals surface area contributed by atoms with Gasteiger partial charge in [-0.05, 0) is 30.9 Å². The van der Waals surface area contributed by atoms with Crippen molar-refractivity contribution in [2.24, 2.45) is 5.92 Å². The third-order valence-electron chi connectivity index (χ3n) is 3.78. The zero-order chi connectivity index (χ0) is 14.7. The molecule has 2 rings (SSSR count). The predicted octanol–water partition coefficient (Wildman–Crippen LogP) is 2.45. The van der Waals surface area contributed by atoms with E-state index in [9.17, 15) is 14.7 Å². The second-order valence-corrected chi connectivity index (χ2v) is 5.45. The summed E-state index contributed by atoms with van der Waals surface area (Å²) in [5.41, 5.74) is 0.232. The summed E-state index contributed by atoms with van der Waals surface area (Å²) in [5.74, 6) is -0.938. The van der Waals surface area contributed by atoms with Gasteiger partial charge in [0, 0.05) is 12.7 Å². The number of piperidine rings is 1. The van der Waals surface area contributed by atoms with Crippen LogP contribution in [0.5, 0.6) is 0 Å². The molecule has 1 aliphatic rings. The third-order valence-corrected chi connectivity index (χ3v) is 4.00. The number of halogens is 1. The van der Waals surface area contributed by atoms with E-state index in [0.29, 0.717) is 23.9 Å². The van der Waals surface area contributed by atoms with E-state index in [1.54, 1.807) is 6.07 Å².